The third kappa shape index (κ3) is 2.88. The summed E-state index contributed by atoms with van der Waals surface area (Å²) in [5, 5.41) is 15.8. The van der Waals surface area contributed by atoms with Crippen molar-refractivity contribution >= 4 is 28.7 Å². The quantitative estimate of drug-likeness (QED) is 0.676. The number of nitrogens with one attached hydrogen (secondary N) is 1. The average Bonchev–Trinajstić information content (AvgIpc) is 2.99. The van der Waals surface area contributed by atoms with Crippen LogP contribution in [0.25, 0.3) is 0 Å². The van der Waals surface area contributed by atoms with Crippen LogP contribution in [-0.4, -0.2) is 24.0 Å². The molecule has 2 rings (SSSR count). The Morgan fingerprint density at radius 1 is 1.50 bits per heavy atom. The van der Waals surface area contributed by atoms with Crippen LogP contribution in [-0.2, 0) is 0 Å². The molecule has 0 aromatic carbocycles. The van der Waals surface area contributed by atoms with Gasteiger partial charge in [0.05, 0.1) is 23.1 Å². The lowest BCUT2D eigenvalue weighted by Crippen LogP contribution is -2.22. The van der Waals surface area contributed by atoms with Crippen LogP contribution < -0.4 is 10.2 Å². The van der Waals surface area contributed by atoms with Crippen molar-refractivity contribution in [3.8, 4) is 0 Å². The third-order valence-electron chi connectivity index (χ3n) is 3.16. The number of aromatic nitrogens is 1. The Kier molecular flexibility index (Phi) is 4.19. The number of thiophene rings is 1. The molecule has 0 aliphatic carbocycles. The van der Waals surface area contributed by atoms with Crippen LogP contribution in [0, 0.1) is 10.1 Å². The lowest BCUT2D eigenvalue weighted by atomic mass is 10.2. The summed E-state index contributed by atoms with van der Waals surface area (Å²) in [5.74, 6) is 1.06. The summed E-state index contributed by atoms with van der Waals surface area (Å²) in [4.78, 5) is 18.1. The van der Waals surface area contributed by atoms with Gasteiger partial charge in [0.25, 0.3) is 5.69 Å². The van der Waals surface area contributed by atoms with E-state index in [2.05, 4.69) is 10.3 Å². The van der Waals surface area contributed by atoms with E-state index < -0.39 is 4.92 Å². The number of nitrogens with zero attached hydrogens (tertiary/aromatic N) is 3. The second-order valence-electron chi connectivity index (χ2n) is 4.38. The van der Waals surface area contributed by atoms with Crippen molar-refractivity contribution in [2.45, 2.75) is 13.0 Å². The van der Waals surface area contributed by atoms with Gasteiger partial charge in [-0.2, -0.15) is 0 Å². The Morgan fingerprint density at radius 3 is 2.80 bits per heavy atom. The predicted molar refractivity (Wildman–Crippen MR) is 81.6 cm³/mol. The molecule has 2 heterocycles. The summed E-state index contributed by atoms with van der Waals surface area (Å²) >= 11 is 1.66. The van der Waals surface area contributed by atoms with E-state index in [0.717, 1.165) is 0 Å². The summed E-state index contributed by atoms with van der Waals surface area (Å²) in [6, 6.07) is 7.05. The topological polar surface area (TPSA) is 71.3 Å². The molecule has 20 heavy (non-hydrogen) atoms. The molecule has 0 saturated heterocycles. The maximum absolute atomic E-state index is 11.0. The van der Waals surface area contributed by atoms with Crippen LogP contribution >= 0.6 is 11.3 Å². The molecule has 2 aromatic rings. The Labute approximate surface area is 121 Å². The minimum atomic E-state index is -0.407. The number of pyridine rings is 1. The van der Waals surface area contributed by atoms with Gasteiger partial charge in [-0.3, -0.25) is 10.1 Å². The highest BCUT2D eigenvalue weighted by atomic mass is 32.1. The fraction of sp³-hybridized carbons (Fsp3) is 0.308. The summed E-state index contributed by atoms with van der Waals surface area (Å²) in [7, 11) is 3.58. The minimum absolute atomic E-state index is 0.0320. The molecule has 0 aliphatic rings. The van der Waals surface area contributed by atoms with Gasteiger partial charge in [0.1, 0.15) is 11.6 Å². The number of hydrogen-bond acceptors (Lipinski definition) is 6. The zero-order valence-electron chi connectivity index (χ0n) is 11.5. The first-order chi connectivity index (χ1) is 9.52. The van der Waals surface area contributed by atoms with E-state index in [1.165, 1.54) is 17.0 Å². The van der Waals surface area contributed by atoms with E-state index in [1.54, 1.807) is 18.4 Å². The van der Waals surface area contributed by atoms with Crippen molar-refractivity contribution in [1.82, 2.24) is 4.98 Å². The Hall–Kier alpha value is -2.15. The first-order valence-corrected chi connectivity index (χ1v) is 7.01. The molecule has 6 nitrogen and oxygen atoms in total. The van der Waals surface area contributed by atoms with E-state index in [-0.39, 0.29) is 11.7 Å². The molecular formula is C13H16N4O2S. The van der Waals surface area contributed by atoms with E-state index in [9.17, 15) is 10.1 Å². The SMILES string of the molecule is CNc1cc([N+](=O)[O-])cc(N(C)C(C)c2cccs2)n1. The molecular weight excluding hydrogens is 276 g/mol. The average molecular weight is 292 g/mol. The number of hydrogen-bond donors (Lipinski definition) is 1. The molecule has 0 bridgehead atoms. The first-order valence-electron chi connectivity index (χ1n) is 6.13. The summed E-state index contributed by atoms with van der Waals surface area (Å²) in [6.07, 6.45) is 0. The molecule has 0 spiro atoms. The van der Waals surface area contributed by atoms with Crippen molar-refractivity contribution in [3.63, 3.8) is 0 Å². The highest BCUT2D eigenvalue weighted by Gasteiger charge is 2.18. The second-order valence-corrected chi connectivity index (χ2v) is 5.36. The predicted octanol–water partition coefficient (Wildman–Crippen LogP) is 3.29. The molecule has 1 N–H and O–H groups in total. The zero-order valence-corrected chi connectivity index (χ0v) is 12.3. The molecule has 106 valence electrons. The minimum Gasteiger partial charge on any atom is -0.373 e. The molecule has 0 amide bonds. The molecule has 2 aromatic heterocycles. The van der Waals surface area contributed by atoms with Crippen molar-refractivity contribution in [3.05, 3.63) is 44.6 Å². The van der Waals surface area contributed by atoms with Gasteiger partial charge >= 0.3 is 0 Å². The normalized spacial score (nSPS) is 11.9. The molecule has 1 unspecified atom stereocenters. The summed E-state index contributed by atoms with van der Waals surface area (Å²) < 4.78 is 0. The van der Waals surface area contributed by atoms with Gasteiger partial charge in [-0.15, -0.1) is 11.3 Å². The molecule has 0 radical (unpaired) electrons. The smallest absolute Gasteiger partial charge is 0.276 e. The fourth-order valence-corrected chi connectivity index (χ4v) is 2.66. The van der Waals surface area contributed by atoms with E-state index in [4.69, 9.17) is 0 Å². The van der Waals surface area contributed by atoms with E-state index >= 15 is 0 Å². The Balaban J connectivity index is 2.36. The number of anilines is 2. The van der Waals surface area contributed by atoms with Gasteiger partial charge in [-0.25, -0.2) is 4.98 Å². The van der Waals surface area contributed by atoms with Crippen LogP contribution in [0.1, 0.15) is 17.8 Å². The van der Waals surface area contributed by atoms with E-state index in [1.807, 2.05) is 36.4 Å². The highest BCUT2D eigenvalue weighted by molar-refractivity contribution is 7.10. The van der Waals surface area contributed by atoms with E-state index in [0.29, 0.717) is 11.6 Å². The third-order valence-corrected chi connectivity index (χ3v) is 4.20. The zero-order chi connectivity index (χ0) is 14.7. The van der Waals surface area contributed by atoms with Crippen LogP contribution in [0.5, 0.6) is 0 Å². The highest BCUT2D eigenvalue weighted by Crippen LogP contribution is 2.30. The Morgan fingerprint density at radius 2 is 2.25 bits per heavy atom. The number of nitro groups is 1. The van der Waals surface area contributed by atoms with Crippen molar-refractivity contribution in [1.29, 1.82) is 0 Å². The van der Waals surface area contributed by atoms with Gasteiger partial charge in [0.2, 0.25) is 0 Å². The summed E-state index contributed by atoms with van der Waals surface area (Å²) in [5.41, 5.74) is 0.0320. The first kappa shape index (κ1) is 14.3. The molecule has 1 atom stereocenters. The molecule has 0 fully saturated rings. The van der Waals surface area contributed by atoms with Crippen molar-refractivity contribution < 1.29 is 4.92 Å². The van der Waals surface area contributed by atoms with Crippen LogP contribution in [0.2, 0.25) is 0 Å². The fourth-order valence-electron chi connectivity index (χ4n) is 1.83. The van der Waals surface area contributed by atoms with Gasteiger partial charge < -0.3 is 10.2 Å². The monoisotopic (exact) mass is 292 g/mol. The van der Waals surface area contributed by atoms with Crippen LogP contribution in [0.3, 0.4) is 0 Å². The largest absolute Gasteiger partial charge is 0.373 e. The summed E-state index contributed by atoms with van der Waals surface area (Å²) in [6.45, 7) is 2.05. The van der Waals surface area contributed by atoms with Crippen LogP contribution in [0.4, 0.5) is 17.3 Å². The number of rotatable bonds is 5. The molecule has 0 saturated carbocycles. The van der Waals surface area contributed by atoms with Crippen LogP contribution in [0.15, 0.2) is 29.6 Å². The Bertz CT molecular complexity index is 600. The second kappa shape index (κ2) is 5.87. The van der Waals surface area contributed by atoms with Gasteiger partial charge in [0, 0.05) is 19.0 Å². The van der Waals surface area contributed by atoms with Crippen molar-refractivity contribution in [2.24, 2.45) is 0 Å². The van der Waals surface area contributed by atoms with Gasteiger partial charge in [0.15, 0.2) is 0 Å². The molecule has 0 aliphatic heterocycles. The van der Waals surface area contributed by atoms with Gasteiger partial charge in [-0.05, 0) is 18.4 Å². The lowest BCUT2D eigenvalue weighted by molar-refractivity contribution is -0.384. The molecule has 7 heteroatoms. The lowest BCUT2D eigenvalue weighted by Gasteiger charge is -2.25. The standard InChI is InChI=1S/C13H16N4O2S/c1-9(11-5-4-6-20-11)16(3)13-8-10(17(18)19)7-12(14-2)15-13/h4-9H,1-3H3,(H,14,15). The van der Waals surface area contributed by atoms with Crippen molar-refractivity contribution in [2.75, 3.05) is 24.3 Å². The maximum Gasteiger partial charge on any atom is 0.276 e. The van der Waals surface area contributed by atoms with Gasteiger partial charge in [-0.1, -0.05) is 6.07 Å². The maximum atomic E-state index is 11.0.